The van der Waals surface area contributed by atoms with Gasteiger partial charge in [-0.25, -0.2) is 17.9 Å². The van der Waals surface area contributed by atoms with Gasteiger partial charge in [-0.3, -0.25) is 9.36 Å². The highest BCUT2D eigenvalue weighted by atomic mass is 32.2. The molecule has 5 rings (SSSR count). The van der Waals surface area contributed by atoms with Crippen LogP contribution in [0.25, 0.3) is 22.4 Å². The number of fused-ring (bicyclic) bond motifs is 1. The number of aryl methyl sites for hydroxylation is 1. The third kappa shape index (κ3) is 3.20. The number of sulfonamides is 1. The first-order valence-electron chi connectivity index (χ1n) is 9.59. The number of rotatable bonds is 4. The van der Waals surface area contributed by atoms with Gasteiger partial charge in [-0.1, -0.05) is 30.3 Å². The molecule has 2 aromatic heterocycles. The lowest BCUT2D eigenvalue weighted by Crippen LogP contribution is -2.53. The molecule has 0 amide bonds. The monoisotopic (exact) mass is 438 g/mol. The number of nitrogens with zero attached hydrogens (tertiary/aromatic N) is 4. The van der Waals surface area contributed by atoms with E-state index in [9.17, 15) is 18.0 Å². The van der Waals surface area contributed by atoms with Crippen molar-refractivity contribution in [3.8, 4) is 11.3 Å². The van der Waals surface area contributed by atoms with Gasteiger partial charge in [0.1, 0.15) is 0 Å². The van der Waals surface area contributed by atoms with Gasteiger partial charge in [-0.15, -0.1) is 0 Å². The Labute approximate surface area is 176 Å². The molecule has 3 heterocycles. The van der Waals surface area contributed by atoms with Crippen LogP contribution < -0.4 is 11.3 Å². The molecule has 0 N–H and O–H groups in total. The van der Waals surface area contributed by atoms with Crippen LogP contribution in [0.4, 0.5) is 0 Å². The fourth-order valence-corrected chi connectivity index (χ4v) is 5.17. The van der Waals surface area contributed by atoms with Gasteiger partial charge < -0.3 is 4.42 Å². The van der Waals surface area contributed by atoms with Crippen LogP contribution >= 0.6 is 0 Å². The largest absolute Gasteiger partial charge is 0.419 e. The molecule has 0 unspecified atom stereocenters. The van der Waals surface area contributed by atoms with Crippen LogP contribution in [0.3, 0.4) is 0 Å². The molecule has 10 heteroatoms. The molecule has 1 fully saturated rings. The zero-order valence-electron chi connectivity index (χ0n) is 16.5. The lowest BCUT2D eigenvalue weighted by Gasteiger charge is -2.38. The first kappa shape index (κ1) is 19.5. The van der Waals surface area contributed by atoms with Crippen molar-refractivity contribution in [3.05, 3.63) is 81.6 Å². The molecular formula is C21H18N4O5S. The van der Waals surface area contributed by atoms with E-state index in [1.165, 1.54) is 44.9 Å². The molecule has 1 aliphatic heterocycles. The van der Waals surface area contributed by atoms with E-state index in [1.54, 1.807) is 6.07 Å². The lowest BCUT2D eigenvalue weighted by molar-refractivity contribution is 0.186. The predicted molar refractivity (Wildman–Crippen MR) is 113 cm³/mol. The molecule has 4 aromatic rings. The Morgan fingerprint density at radius 2 is 1.74 bits per heavy atom. The molecule has 158 valence electrons. The molecule has 2 aromatic carbocycles. The van der Waals surface area contributed by atoms with Gasteiger partial charge in [-0.05, 0) is 24.3 Å². The molecule has 1 saturated heterocycles. The van der Waals surface area contributed by atoms with Crippen LogP contribution in [0.1, 0.15) is 6.04 Å². The zero-order chi connectivity index (χ0) is 21.8. The average molecular weight is 438 g/mol. The summed E-state index contributed by atoms with van der Waals surface area (Å²) in [6.07, 6.45) is 0. The van der Waals surface area contributed by atoms with Crippen LogP contribution in [-0.2, 0) is 17.1 Å². The number of hydrogen-bond acceptors (Lipinski definition) is 6. The molecule has 1 aliphatic rings. The minimum absolute atomic E-state index is 0.0631. The fourth-order valence-electron chi connectivity index (χ4n) is 3.63. The van der Waals surface area contributed by atoms with Gasteiger partial charge >= 0.3 is 5.76 Å². The quantitative estimate of drug-likeness (QED) is 0.479. The highest BCUT2D eigenvalue weighted by Crippen LogP contribution is 2.29. The van der Waals surface area contributed by atoms with Gasteiger partial charge in [0, 0.05) is 31.8 Å². The topological polar surface area (TPSA) is 107 Å². The smallest absolute Gasteiger partial charge is 0.408 e. The van der Waals surface area contributed by atoms with Crippen molar-refractivity contribution in [1.82, 2.24) is 18.7 Å². The van der Waals surface area contributed by atoms with E-state index in [-0.39, 0.29) is 29.6 Å². The van der Waals surface area contributed by atoms with E-state index in [0.29, 0.717) is 16.8 Å². The van der Waals surface area contributed by atoms with Crippen molar-refractivity contribution < 1.29 is 12.8 Å². The van der Waals surface area contributed by atoms with Gasteiger partial charge in [0.15, 0.2) is 5.58 Å². The Hall–Kier alpha value is -3.50. The van der Waals surface area contributed by atoms with Crippen molar-refractivity contribution in [3.63, 3.8) is 0 Å². The third-order valence-electron chi connectivity index (χ3n) is 5.47. The van der Waals surface area contributed by atoms with Gasteiger partial charge in [0.05, 0.1) is 22.1 Å². The van der Waals surface area contributed by atoms with Crippen LogP contribution in [0.15, 0.2) is 79.6 Å². The zero-order valence-corrected chi connectivity index (χ0v) is 17.3. The average Bonchev–Trinajstić information content (AvgIpc) is 3.02. The second kappa shape index (κ2) is 7.03. The normalized spacial score (nSPS) is 15.3. The summed E-state index contributed by atoms with van der Waals surface area (Å²) in [5, 5.41) is 4.44. The number of benzene rings is 2. The maximum absolute atomic E-state index is 13.0. The summed E-state index contributed by atoms with van der Waals surface area (Å²) in [6.45, 7) is 0.270. The van der Waals surface area contributed by atoms with E-state index < -0.39 is 15.8 Å². The Balaban J connectivity index is 1.41. The Morgan fingerprint density at radius 3 is 2.48 bits per heavy atom. The Bertz CT molecular complexity index is 1510. The summed E-state index contributed by atoms with van der Waals surface area (Å²) in [7, 11) is -2.27. The maximum atomic E-state index is 13.0. The molecule has 0 saturated carbocycles. The van der Waals surface area contributed by atoms with E-state index >= 15 is 0 Å². The predicted octanol–water partition coefficient (Wildman–Crippen LogP) is 1.60. The molecule has 0 bridgehead atoms. The van der Waals surface area contributed by atoms with Crippen molar-refractivity contribution in [2.75, 3.05) is 13.1 Å². The minimum atomic E-state index is -3.78. The van der Waals surface area contributed by atoms with Crippen molar-refractivity contribution >= 4 is 21.1 Å². The van der Waals surface area contributed by atoms with E-state index in [1.807, 2.05) is 30.3 Å². The Kier molecular flexibility index (Phi) is 4.42. The molecular weight excluding hydrogens is 420 g/mol. The highest BCUT2D eigenvalue weighted by Gasteiger charge is 2.39. The van der Waals surface area contributed by atoms with Gasteiger partial charge in [-0.2, -0.15) is 9.40 Å². The van der Waals surface area contributed by atoms with Crippen LogP contribution in [0.2, 0.25) is 0 Å². The minimum Gasteiger partial charge on any atom is -0.408 e. The summed E-state index contributed by atoms with van der Waals surface area (Å²) in [5.41, 5.74) is 1.96. The van der Waals surface area contributed by atoms with E-state index in [4.69, 9.17) is 4.42 Å². The Morgan fingerprint density at radius 1 is 1.00 bits per heavy atom. The second-order valence-corrected chi connectivity index (χ2v) is 9.34. The maximum Gasteiger partial charge on any atom is 0.419 e. The fraction of sp³-hybridized carbons (Fsp3) is 0.190. The summed E-state index contributed by atoms with van der Waals surface area (Å²) >= 11 is 0. The van der Waals surface area contributed by atoms with Crippen LogP contribution in [0, 0.1) is 0 Å². The molecule has 0 atom stereocenters. The SMILES string of the molecule is Cn1c(=O)oc2ccc(S(=O)(=O)N3CC(n4nc(-c5ccccc5)ccc4=O)C3)cc21. The first-order valence-corrected chi connectivity index (χ1v) is 11.0. The second-order valence-electron chi connectivity index (χ2n) is 7.40. The van der Waals surface area contributed by atoms with Crippen LogP contribution in [0.5, 0.6) is 0 Å². The van der Waals surface area contributed by atoms with Crippen molar-refractivity contribution in [2.24, 2.45) is 7.05 Å². The summed E-state index contributed by atoms with van der Waals surface area (Å²) < 4.78 is 35.0. The molecule has 0 spiro atoms. The van der Waals surface area contributed by atoms with Crippen LogP contribution in [-0.4, -0.2) is 40.2 Å². The highest BCUT2D eigenvalue weighted by molar-refractivity contribution is 7.89. The number of aromatic nitrogens is 3. The molecule has 31 heavy (non-hydrogen) atoms. The third-order valence-corrected chi connectivity index (χ3v) is 7.30. The lowest BCUT2D eigenvalue weighted by atomic mass is 10.1. The molecule has 0 aliphatic carbocycles. The van der Waals surface area contributed by atoms with Gasteiger partial charge in [0.2, 0.25) is 10.0 Å². The van der Waals surface area contributed by atoms with E-state index in [0.717, 1.165) is 5.56 Å². The number of hydrogen-bond donors (Lipinski definition) is 0. The summed E-state index contributed by atoms with van der Waals surface area (Å²) in [5.74, 6) is -0.558. The summed E-state index contributed by atoms with van der Waals surface area (Å²) in [6, 6.07) is 16.5. The molecule has 0 radical (unpaired) electrons. The molecule has 9 nitrogen and oxygen atoms in total. The number of oxazole rings is 1. The van der Waals surface area contributed by atoms with Gasteiger partial charge in [0.25, 0.3) is 5.56 Å². The van der Waals surface area contributed by atoms with E-state index in [2.05, 4.69) is 5.10 Å². The van der Waals surface area contributed by atoms with Crippen molar-refractivity contribution in [2.45, 2.75) is 10.9 Å². The summed E-state index contributed by atoms with van der Waals surface area (Å²) in [4.78, 5) is 24.1. The van der Waals surface area contributed by atoms with Crippen molar-refractivity contribution in [1.29, 1.82) is 0 Å². The first-order chi connectivity index (χ1) is 14.8. The standard InChI is InChI=1S/C21H18N4O5S/c1-23-18-11-16(7-9-19(18)30-21(23)27)31(28,29)24-12-15(13-24)25-20(26)10-8-17(22-25)14-5-3-2-4-6-14/h2-11,15H,12-13H2,1H3.